The molecule has 4 rings (SSSR count). The Morgan fingerprint density at radius 3 is 2.96 bits per heavy atom. The molecule has 0 bridgehead atoms. The molecule has 1 aromatic rings. The van der Waals surface area contributed by atoms with Crippen LogP contribution >= 0.6 is 0 Å². The van der Waals surface area contributed by atoms with Crippen LogP contribution in [0.1, 0.15) is 44.1 Å². The molecule has 4 atom stereocenters. The van der Waals surface area contributed by atoms with E-state index in [2.05, 4.69) is 10.4 Å². The Morgan fingerprint density at radius 2 is 2.22 bits per heavy atom. The van der Waals surface area contributed by atoms with Gasteiger partial charge in [0.05, 0.1) is 12.3 Å². The minimum atomic E-state index is 0.187. The van der Waals surface area contributed by atoms with Gasteiger partial charge in [0.15, 0.2) is 0 Å². The summed E-state index contributed by atoms with van der Waals surface area (Å²) in [5.74, 6) is 2.07. The van der Waals surface area contributed by atoms with E-state index in [1.807, 2.05) is 19.4 Å². The van der Waals surface area contributed by atoms with Gasteiger partial charge in [0.1, 0.15) is 0 Å². The molecule has 1 amide bonds. The zero-order valence-electron chi connectivity index (χ0n) is 13.9. The van der Waals surface area contributed by atoms with Crippen LogP contribution < -0.4 is 5.32 Å². The molecular weight excluding hydrogens is 290 g/mol. The number of carbonyl (C=O) groups is 1. The first-order chi connectivity index (χ1) is 11.2. The van der Waals surface area contributed by atoms with Crippen molar-refractivity contribution >= 4 is 5.91 Å². The number of rotatable bonds is 5. The second-order valence-corrected chi connectivity index (χ2v) is 7.53. The fourth-order valence-electron chi connectivity index (χ4n) is 4.98. The van der Waals surface area contributed by atoms with Gasteiger partial charge in [0, 0.05) is 44.1 Å². The van der Waals surface area contributed by atoms with Crippen LogP contribution in [0.4, 0.5) is 0 Å². The Kier molecular flexibility index (Phi) is 4.14. The van der Waals surface area contributed by atoms with Crippen molar-refractivity contribution < 1.29 is 9.53 Å². The van der Waals surface area contributed by atoms with Crippen LogP contribution in [0.25, 0.3) is 0 Å². The van der Waals surface area contributed by atoms with E-state index < -0.39 is 0 Å². The van der Waals surface area contributed by atoms with Crippen LogP contribution in [0.2, 0.25) is 0 Å². The fraction of sp³-hybridized carbons (Fsp3) is 0.778. The molecule has 1 N–H and O–H groups in total. The van der Waals surface area contributed by atoms with Crippen LogP contribution in [-0.4, -0.2) is 34.4 Å². The van der Waals surface area contributed by atoms with Crippen LogP contribution in [0, 0.1) is 17.8 Å². The number of nitrogens with zero attached hydrogens (tertiary/aromatic N) is 2. The average Bonchev–Trinajstić information content (AvgIpc) is 3.25. The summed E-state index contributed by atoms with van der Waals surface area (Å²) in [6, 6.07) is 0.354. The molecule has 2 aliphatic carbocycles. The Bertz CT molecular complexity index is 560. The number of hydrogen-bond acceptors (Lipinski definition) is 3. The minimum absolute atomic E-state index is 0.187. The first-order valence-electron chi connectivity index (χ1n) is 9.11. The lowest BCUT2D eigenvalue weighted by Crippen LogP contribution is -2.63. The molecule has 0 unspecified atom stereocenters. The van der Waals surface area contributed by atoms with E-state index in [1.165, 1.54) is 25.7 Å². The summed E-state index contributed by atoms with van der Waals surface area (Å²) in [6.07, 6.45) is 12.0. The Labute approximate surface area is 137 Å². The summed E-state index contributed by atoms with van der Waals surface area (Å²) in [7, 11) is 1.91. The quantitative estimate of drug-likeness (QED) is 0.904. The average molecular weight is 317 g/mol. The Morgan fingerprint density at radius 1 is 1.39 bits per heavy atom. The van der Waals surface area contributed by atoms with Crippen LogP contribution in [0.5, 0.6) is 0 Å². The Balaban J connectivity index is 1.33. The number of hydrogen-bond donors (Lipinski definition) is 1. The van der Waals surface area contributed by atoms with E-state index in [4.69, 9.17) is 4.74 Å². The maximum absolute atomic E-state index is 12.4. The summed E-state index contributed by atoms with van der Waals surface area (Å²) >= 11 is 0. The van der Waals surface area contributed by atoms with Crippen molar-refractivity contribution in [2.75, 3.05) is 6.61 Å². The molecule has 0 aromatic carbocycles. The number of aromatic nitrogens is 2. The van der Waals surface area contributed by atoms with Gasteiger partial charge in [0.2, 0.25) is 5.91 Å². The van der Waals surface area contributed by atoms with Crippen molar-refractivity contribution in [1.82, 2.24) is 15.1 Å². The van der Waals surface area contributed by atoms with E-state index in [0.29, 0.717) is 30.4 Å². The number of fused-ring (bicyclic) bond motifs is 1. The normalized spacial score (nSPS) is 33.4. The van der Waals surface area contributed by atoms with Gasteiger partial charge in [-0.1, -0.05) is 25.7 Å². The molecule has 2 heterocycles. The van der Waals surface area contributed by atoms with Gasteiger partial charge in [-0.25, -0.2) is 0 Å². The molecule has 3 fully saturated rings. The summed E-state index contributed by atoms with van der Waals surface area (Å²) in [5.41, 5.74) is 1.13. The van der Waals surface area contributed by atoms with Crippen molar-refractivity contribution in [2.24, 2.45) is 24.8 Å². The van der Waals surface area contributed by atoms with Gasteiger partial charge in [-0.15, -0.1) is 0 Å². The van der Waals surface area contributed by atoms with Gasteiger partial charge >= 0.3 is 0 Å². The molecule has 23 heavy (non-hydrogen) atoms. The number of amides is 1. The molecule has 0 spiro atoms. The highest BCUT2D eigenvalue weighted by Gasteiger charge is 2.56. The molecule has 1 saturated heterocycles. The molecule has 1 aromatic heterocycles. The topological polar surface area (TPSA) is 56.2 Å². The zero-order valence-corrected chi connectivity index (χ0v) is 13.9. The predicted octanol–water partition coefficient (Wildman–Crippen LogP) is 2.06. The minimum Gasteiger partial charge on any atom is -0.377 e. The monoisotopic (exact) mass is 317 g/mol. The summed E-state index contributed by atoms with van der Waals surface area (Å²) in [4.78, 5) is 12.4. The van der Waals surface area contributed by atoms with Crippen molar-refractivity contribution in [3.05, 3.63) is 18.0 Å². The molecular formula is C18H27N3O2. The molecule has 5 nitrogen and oxygen atoms in total. The maximum Gasteiger partial charge on any atom is 0.220 e. The van der Waals surface area contributed by atoms with Gasteiger partial charge in [-0.2, -0.15) is 5.10 Å². The lowest BCUT2D eigenvalue weighted by molar-refractivity contribution is -0.129. The van der Waals surface area contributed by atoms with E-state index in [1.54, 1.807) is 4.68 Å². The lowest BCUT2D eigenvalue weighted by atomic mass is 9.61. The van der Waals surface area contributed by atoms with Crippen LogP contribution in [0.15, 0.2) is 12.4 Å². The highest BCUT2D eigenvalue weighted by molar-refractivity contribution is 5.76. The van der Waals surface area contributed by atoms with E-state index >= 15 is 0 Å². The van der Waals surface area contributed by atoms with Crippen molar-refractivity contribution in [3.63, 3.8) is 0 Å². The number of nitrogens with one attached hydrogen (secondary N) is 1. The van der Waals surface area contributed by atoms with Gasteiger partial charge in [0.25, 0.3) is 0 Å². The standard InChI is InChI=1S/C18H27N3O2/c1-21-11-12(10-19-21)6-7-15(22)20-17-14-8-9-23-18(14)16(17)13-4-2-3-5-13/h10-11,13-14,16-18H,2-9H2,1H3,(H,20,22)/t14-,16+,17+,18-/m1/s1. The van der Waals surface area contributed by atoms with Crippen LogP contribution in [-0.2, 0) is 23.0 Å². The molecule has 2 saturated carbocycles. The number of aryl methyl sites for hydroxylation is 2. The van der Waals surface area contributed by atoms with Gasteiger partial charge in [-0.05, 0) is 24.3 Å². The van der Waals surface area contributed by atoms with Gasteiger partial charge < -0.3 is 10.1 Å². The highest BCUT2D eigenvalue weighted by Crippen LogP contribution is 2.51. The molecule has 5 heteroatoms. The Hall–Kier alpha value is -1.36. The number of carbonyl (C=O) groups excluding carboxylic acids is 1. The van der Waals surface area contributed by atoms with Crippen molar-refractivity contribution in [1.29, 1.82) is 0 Å². The van der Waals surface area contributed by atoms with Crippen molar-refractivity contribution in [2.45, 2.75) is 57.1 Å². The SMILES string of the molecule is Cn1cc(CCC(=O)N[C@H]2[C@H]3CCO[C@H]3[C@H]2C2CCCC2)cn1. The van der Waals surface area contributed by atoms with Gasteiger partial charge in [-0.3, -0.25) is 9.48 Å². The number of ether oxygens (including phenoxy) is 1. The first kappa shape index (κ1) is 15.2. The second-order valence-electron chi connectivity index (χ2n) is 7.53. The summed E-state index contributed by atoms with van der Waals surface area (Å²) in [5, 5.41) is 7.50. The maximum atomic E-state index is 12.4. The largest absolute Gasteiger partial charge is 0.377 e. The molecule has 0 radical (unpaired) electrons. The lowest BCUT2D eigenvalue weighted by Gasteiger charge is -2.50. The van der Waals surface area contributed by atoms with E-state index in [9.17, 15) is 4.79 Å². The predicted molar refractivity (Wildman–Crippen MR) is 86.8 cm³/mol. The fourth-order valence-corrected chi connectivity index (χ4v) is 4.98. The molecule has 3 aliphatic rings. The van der Waals surface area contributed by atoms with Crippen LogP contribution in [0.3, 0.4) is 0 Å². The third-order valence-electron chi connectivity index (χ3n) is 6.11. The van der Waals surface area contributed by atoms with Crippen molar-refractivity contribution in [3.8, 4) is 0 Å². The molecule has 1 aliphatic heterocycles. The highest BCUT2D eigenvalue weighted by atomic mass is 16.5. The second kappa shape index (κ2) is 6.27. The third kappa shape index (κ3) is 2.91. The smallest absolute Gasteiger partial charge is 0.220 e. The molecule has 126 valence electrons. The first-order valence-corrected chi connectivity index (χ1v) is 9.11. The van der Waals surface area contributed by atoms with E-state index in [0.717, 1.165) is 30.9 Å². The summed E-state index contributed by atoms with van der Waals surface area (Å²) in [6.45, 7) is 0.876. The third-order valence-corrected chi connectivity index (χ3v) is 6.11. The van der Waals surface area contributed by atoms with E-state index in [-0.39, 0.29) is 5.91 Å². The summed E-state index contributed by atoms with van der Waals surface area (Å²) < 4.78 is 7.75. The zero-order chi connectivity index (χ0) is 15.8.